The quantitative estimate of drug-likeness (QED) is 0.731. The van der Waals surface area contributed by atoms with Gasteiger partial charge in [-0.1, -0.05) is 30.3 Å². The van der Waals surface area contributed by atoms with Gasteiger partial charge in [0.2, 0.25) is 0 Å². The van der Waals surface area contributed by atoms with Crippen molar-refractivity contribution in [2.24, 2.45) is 0 Å². The number of nitrogens with zero attached hydrogens (tertiary/aromatic N) is 1. The second-order valence-corrected chi connectivity index (χ2v) is 4.43. The van der Waals surface area contributed by atoms with Gasteiger partial charge in [-0.05, 0) is 30.2 Å². The summed E-state index contributed by atoms with van der Waals surface area (Å²) in [5.74, 6) is 0. The van der Waals surface area contributed by atoms with Gasteiger partial charge in [0.15, 0.2) is 0 Å². The summed E-state index contributed by atoms with van der Waals surface area (Å²) >= 11 is 0. The molecule has 0 bridgehead atoms. The molecule has 1 aromatic carbocycles. The van der Waals surface area contributed by atoms with Crippen molar-refractivity contribution in [3.05, 3.63) is 59.9 Å². The predicted molar refractivity (Wildman–Crippen MR) is 73.4 cm³/mol. The van der Waals surface area contributed by atoms with Crippen LogP contribution in [0.15, 0.2) is 48.8 Å². The second kappa shape index (κ2) is 6.99. The Balaban J connectivity index is 1.83. The van der Waals surface area contributed by atoms with Gasteiger partial charge in [-0.2, -0.15) is 0 Å². The number of hydrogen-bond acceptors (Lipinski definition) is 2. The van der Waals surface area contributed by atoms with Gasteiger partial charge < -0.3 is 15.0 Å². The van der Waals surface area contributed by atoms with E-state index in [2.05, 4.69) is 52.6 Å². The Morgan fingerprint density at radius 2 is 1.89 bits per heavy atom. The Kier molecular flexibility index (Phi) is 5.00. The maximum Gasteiger partial charge on any atom is 0.0470 e. The van der Waals surface area contributed by atoms with E-state index in [4.69, 9.17) is 5.11 Å². The van der Waals surface area contributed by atoms with Gasteiger partial charge in [-0.3, -0.25) is 0 Å². The van der Waals surface area contributed by atoms with Crippen molar-refractivity contribution < 1.29 is 5.11 Å². The number of hydrogen-bond donors (Lipinski definition) is 2. The minimum absolute atomic E-state index is 0.252. The van der Waals surface area contributed by atoms with Crippen molar-refractivity contribution in [1.29, 1.82) is 0 Å². The maximum atomic E-state index is 8.69. The average molecular weight is 244 g/mol. The molecule has 0 unspecified atom stereocenters. The predicted octanol–water partition coefficient (Wildman–Crippen LogP) is 2.01. The summed E-state index contributed by atoms with van der Waals surface area (Å²) < 4.78 is 2.19. The molecular weight excluding hydrogens is 224 g/mol. The topological polar surface area (TPSA) is 37.2 Å². The Morgan fingerprint density at radius 3 is 2.67 bits per heavy atom. The largest absolute Gasteiger partial charge is 0.396 e. The van der Waals surface area contributed by atoms with Gasteiger partial charge >= 0.3 is 0 Å². The smallest absolute Gasteiger partial charge is 0.0470 e. The van der Waals surface area contributed by atoms with Crippen molar-refractivity contribution in [2.75, 3.05) is 13.2 Å². The molecule has 18 heavy (non-hydrogen) atoms. The third-order valence-corrected chi connectivity index (χ3v) is 2.86. The fourth-order valence-electron chi connectivity index (χ4n) is 1.92. The molecule has 0 radical (unpaired) electrons. The van der Waals surface area contributed by atoms with Crippen LogP contribution in [0.1, 0.15) is 17.5 Å². The zero-order valence-corrected chi connectivity index (χ0v) is 10.5. The number of aliphatic hydroxyl groups excluding tert-OH is 1. The summed E-state index contributed by atoms with van der Waals surface area (Å²) in [7, 11) is 0. The van der Waals surface area contributed by atoms with Crippen molar-refractivity contribution in [3.8, 4) is 0 Å². The maximum absolute atomic E-state index is 8.69. The lowest BCUT2D eigenvalue weighted by Crippen LogP contribution is -2.15. The SMILES string of the molecule is OCCCNCc1ccn(Cc2ccccc2)c1. The Morgan fingerprint density at radius 1 is 1.06 bits per heavy atom. The number of nitrogens with one attached hydrogen (secondary N) is 1. The number of aliphatic hydroxyl groups is 1. The molecule has 2 rings (SSSR count). The van der Waals surface area contributed by atoms with E-state index in [1.807, 2.05) is 6.07 Å². The van der Waals surface area contributed by atoms with Crippen LogP contribution in [-0.2, 0) is 13.1 Å². The van der Waals surface area contributed by atoms with Gasteiger partial charge in [-0.15, -0.1) is 0 Å². The molecular formula is C15H20N2O. The monoisotopic (exact) mass is 244 g/mol. The van der Waals surface area contributed by atoms with Crippen LogP contribution in [0.25, 0.3) is 0 Å². The molecule has 0 spiro atoms. The number of benzene rings is 1. The van der Waals surface area contributed by atoms with Crippen LogP contribution in [0.4, 0.5) is 0 Å². The van der Waals surface area contributed by atoms with Crippen LogP contribution in [0.5, 0.6) is 0 Å². The van der Waals surface area contributed by atoms with E-state index < -0.39 is 0 Å². The molecule has 0 amide bonds. The first-order valence-electron chi connectivity index (χ1n) is 6.38. The van der Waals surface area contributed by atoms with E-state index in [0.29, 0.717) is 0 Å². The number of aromatic nitrogens is 1. The van der Waals surface area contributed by atoms with Crippen molar-refractivity contribution in [2.45, 2.75) is 19.5 Å². The van der Waals surface area contributed by atoms with Gasteiger partial charge in [-0.25, -0.2) is 0 Å². The van der Waals surface area contributed by atoms with Crippen LogP contribution < -0.4 is 5.32 Å². The molecule has 3 nitrogen and oxygen atoms in total. The van der Waals surface area contributed by atoms with Crippen LogP contribution in [0.2, 0.25) is 0 Å². The molecule has 0 aliphatic heterocycles. The fraction of sp³-hybridized carbons (Fsp3) is 0.333. The lowest BCUT2D eigenvalue weighted by atomic mass is 10.2. The van der Waals surface area contributed by atoms with Gasteiger partial charge in [0.1, 0.15) is 0 Å². The highest BCUT2D eigenvalue weighted by atomic mass is 16.3. The Hall–Kier alpha value is -1.58. The zero-order valence-electron chi connectivity index (χ0n) is 10.5. The van der Waals surface area contributed by atoms with E-state index in [0.717, 1.165) is 26.1 Å². The molecule has 0 saturated heterocycles. The molecule has 2 N–H and O–H groups in total. The third kappa shape index (κ3) is 4.02. The summed E-state index contributed by atoms with van der Waals surface area (Å²) in [4.78, 5) is 0. The molecule has 0 atom stereocenters. The minimum atomic E-state index is 0.252. The van der Waals surface area contributed by atoms with Crippen molar-refractivity contribution >= 4 is 0 Å². The number of rotatable bonds is 7. The molecule has 0 aliphatic carbocycles. The summed E-state index contributed by atoms with van der Waals surface area (Å²) in [5, 5.41) is 12.0. The summed E-state index contributed by atoms with van der Waals surface area (Å²) in [6.07, 6.45) is 5.08. The van der Waals surface area contributed by atoms with Crippen LogP contribution in [0.3, 0.4) is 0 Å². The third-order valence-electron chi connectivity index (χ3n) is 2.86. The first-order valence-corrected chi connectivity index (χ1v) is 6.38. The first kappa shape index (κ1) is 12.9. The highest BCUT2D eigenvalue weighted by Crippen LogP contribution is 2.06. The Bertz CT molecular complexity index is 451. The molecule has 0 saturated carbocycles. The molecule has 1 aromatic heterocycles. The van der Waals surface area contributed by atoms with E-state index in [1.54, 1.807) is 0 Å². The average Bonchev–Trinajstić information content (AvgIpc) is 2.84. The summed E-state index contributed by atoms with van der Waals surface area (Å²) in [6.45, 7) is 2.89. The van der Waals surface area contributed by atoms with Gasteiger partial charge in [0.25, 0.3) is 0 Å². The van der Waals surface area contributed by atoms with E-state index in [9.17, 15) is 0 Å². The summed E-state index contributed by atoms with van der Waals surface area (Å²) in [5.41, 5.74) is 2.59. The molecule has 2 aromatic rings. The summed E-state index contributed by atoms with van der Waals surface area (Å²) in [6, 6.07) is 12.6. The van der Waals surface area contributed by atoms with Crippen LogP contribution >= 0.6 is 0 Å². The fourth-order valence-corrected chi connectivity index (χ4v) is 1.92. The lowest BCUT2D eigenvalue weighted by Gasteiger charge is -2.03. The highest BCUT2D eigenvalue weighted by Gasteiger charge is 1.98. The standard InChI is InChI=1S/C15H20N2O/c18-10-4-8-16-11-15-7-9-17(13-15)12-14-5-2-1-3-6-14/h1-3,5-7,9,13,16,18H,4,8,10-12H2. The molecule has 0 aliphatic rings. The van der Waals surface area contributed by atoms with E-state index in [1.165, 1.54) is 11.1 Å². The van der Waals surface area contributed by atoms with E-state index in [-0.39, 0.29) is 6.61 Å². The highest BCUT2D eigenvalue weighted by molar-refractivity contribution is 5.17. The van der Waals surface area contributed by atoms with E-state index >= 15 is 0 Å². The van der Waals surface area contributed by atoms with Crippen LogP contribution in [-0.4, -0.2) is 22.8 Å². The Labute approximate surface area is 108 Å². The van der Waals surface area contributed by atoms with Crippen LogP contribution in [0, 0.1) is 0 Å². The lowest BCUT2D eigenvalue weighted by molar-refractivity contribution is 0.286. The first-order chi connectivity index (χ1) is 8.88. The van der Waals surface area contributed by atoms with Crippen molar-refractivity contribution in [1.82, 2.24) is 9.88 Å². The minimum Gasteiger partial charge on any atom is -0.396 e. The molecule has 96 valence electrons. The van der Waals surface area contributed by atoms with Crippen molar-refractivity contribution in [3.63, 3.8) is 0 Å². The van der Waals surface area contributed by atoms with Gasteiger partial charge in [0, 0.05) is 32.1 Å². The second-order valence-electron chi connectivity index (χ2n) is 4.43. The molecule has 1 heterocycles. The normalized spacial score (nSPS) is 10.7. The molecule has 3 heteroatoms. The molecule has 0 fully saturated rings. The zero-order chi connectivity index (χ0) is 12.6. The van der Waals surface area contributed by atoms with Gasteiger partial charge in [0.05, 0.1) is 0 Å².